The topological polar surface area (TPSA) is 17.8 Å². The van der Waals surface area contributed by atoms with Crippen LogP contribution in [0.25, 0.3) is 11.3 Å². The monoisotopic (exact) mass is 220 g/mol. The molecule has 1 aromatic carbocycles. The lowest BCUT2D eigenvalue weighted by Crippen LogP contribution is -1.88. The van der Waals surface area contributed by atoms with Gasteiger partial charge in [0.25, 0.3) is 0 Å². The molecule has 0 bridgehead atoms. The molecule has 0 atom stereocenters. The van der Waals surface area contributed by atoms with Crippen LogP contribution in [0.15, 0.2) is 30.5 Å². The maximum atomic E-state index is 6.15. The smallest absolute Gasteiger partial charge is 0.0969 e. The summed E-state index contributed by atoms with van der Waals surface area (Å²) in [5.41, 5.74) is 3.23. The zero-order chi connectivity index (χ0) is 10.8. The van der Waals surface area contributed by atoms with Crippen molar-refractivity contribution in [3.63, 3.8) is 0 Å². The minimum atomic E-state index is 0.755. The fraction of sp³-hybridized carbons (Fsp3) is 0.250. The molecule has 0 saturated heterocycles. The summed E-state index contributed by atoms with van der Waals surface area (Å²) in [6, 6.07) is 7.81. The third-order valence-corrected chi connectivity index (χ3v) is 2.74. The van der Waals surface area contributed by atoms with Gasteiger partial charge in [0.15, 0.2) is 0 Å². The number of hydrogen-bond acceptors (Lipinski definition) is 1. The van der Waals surface area contributed by atoms with Crippen LogP contribution in [-0.2, 0) is 13.5 Å². The first-order valence-corrected chi connectivity index (χ1v) is 5.37. The molecule has 0 fully saturated rings. The predicted octanol–water partition coefficient (Wildman–Crippen LogP) is 3.30. The van der Waals surface area contributed by atoms with Gasteiger partial charge in [-0.05, 0) is 18.1 Å². The van der Waals surface area contributed by atoms with E-state index in [1.807, 2.05) is 42.2 Å². The zero-order valence-corrected chi connectivity index (χ0v) is 9.62. The largest absolute Gasteiger partial charge is 0.275 e. The summed E-state index contributed by atoms with van der Waals surface area (Å²) in [4.78, 5) is 0. The number of aromatic nitrogens is 2. The summed E-state index contributed by atoms with van der Waals surface area (Å²) < 4.78 is 1.83. The van der Waals surface area contributed by atoms with Gasteiger partial charge < -0.3 is 0 Å². The molecule has 0 aliphatic carbocycles. The number of hydrogen-bond donors (Lipinski definition) is 0. The van der Waals surface area contributed by atoms with E-state index in [1.165, 1.54) is 5.56 Å². The Hall–Kier alpha value is -1.28. The quantitative estimate of drug-likeness (QED) is 0.760. The van der Waals surface area contributed by atoms with Gasteiger partial charge in [-0.3, -0.25) is 4.68 Å². The van der Waals surface area contributed by atoms with E-state index >= 15 is 0 Å². The first kappa shape index (κ1) is 10.2. The molecule has 2 rings (SSSR count). The van der Waals surface area contributed by atoms with Crippen LogP contribution in [0.3, 0.4) is 0 Å². The van der Waals surface area contributed by atoms with E-state index < -0.39 is 0 Å². The van der Waals surface area contributed by atoms with E-state index in [0.717, 1.165) is 22.7 Å². The highest BCUT2D eigenvalue weighted by Crippen LogP contribution is 2.28. The van der Waals surface area contributed by atoms with Crippen LogP contribution in [0.5, 0.6) is 0 Å². The van der Waals surface area contributed by atoms with Crippen LogP contribution in [0.1, 0.15) is 12.5 Å². The van der Waals surface area contributed by atoms with Crippen LogP contribution < -0.4 is 0 Å². The molecule has 3 heteroatoms. The van der Waals surface area contributed by atoms with E-state index in [4.69, 9.17) is 11.6 Å². The fourth-order valence-electron chi connectivity index (χ4n) is 1.68. The van der Waals surface area contributed by atoms with E-state index in [-0.39, 0.29) is 0 Å². The van der Waals surface area contributed by atoms with Gasteiger partial charge in [-0.25, -0.2) is 0 Å². The molecular formula is C12H13ClN2. The highest BCUT2D eigenvalue weighted by atomic mass is 35.5. The summed E-state index contributed by atoms with van der Waals surface area (Å²) >= 11 is 6.15. The van der Waals surface area contributed by atoms with Crippen molar-refractivity contribution in [3.8, 4) is 11.3 Å². The third kappa shape index (κ3) is 1.90. The van der Waals surface area contributed by atoms with Crippen LogP contribution in [0.4, 0.5) is 0 Å². The summed E-state index contributed by atoms with van der Waals surface area (Å²) in [6.45, 7) is 2.12. The van der Waals surface area contributed by atoms with E-state index in [2.05, 4.69) is 12.0 Å². The Morgan fingerprint density at radius 3 is 2.73 bits per heavy atom. The van der Waals surface area contributed by atoms with Gasteiger partial charge in [0.2, 0.25) is 0 Å². The van der Waals surface area contributed by atoms with Gasteiger partial charge in [0.05, 0.1) is 10.7 Å². The average Bonchev–Trinajstić information content (AvgIpc) is 2.60. The zero-order valence-electron chi connectivity index (χ0n) is 8.87. The lowest BCUT2D eigenvalue weighted by atomic mass is 10.1. The predicted molar refractivity (Wildman–Crippen MR) is 63.0 cm³/mol. The van der Waals surface area contributed by atoms with Gasteiger partial charge >= 0.3 is 0 Å². The standard InChI is InChI=1S/C12H13ClN2/c1-3-9-8-15(2)14-12(9)10-6-4-5-7-11(10)13/h4-8H,3H2,1-2H3. The lowest BCUT2D eigenvalue weighted by Gasteiger charge is -2.02. The van der Waals surface area contributed by atoms with Crippen molar-refractivity contribution >= 4 is 11.6 Å². The summed E-state index contributed by atoms with van der Waals surface area (Å²) in [7, 11) is 1.93. The lowest BCUT2D eigenvalue weighted by molar-refractivity contribution is 0.770. The fourth-order valence-corrected chi connectivity index (χ4v) is 1.90. The molecule has 1 heterocycles. The minimum Gasteiger partial charge on any atom is -0.275 e. The summed E-state index contributed by atoms with van der Waals surface area (Å²) in [5.74, 6) is 0. The number of benzene rings is 1. The highest BCUT2D eigenvalue weighted by molar-refractivity contribution is 6.33. The molecule has 0 amide bonds. The van der Waals surface area contributed by atoms with Gasteiger partial charge in [0, 0.05) is 18.8 Å². The minimum absolute atomic E-state index is 0.755. The maximum absolute atomic E-state index is 6.15. The first-order chi connectivity index (χ1) is 7.22. The Morgan fingerprint density at radius 1 is 1.33 bits per heavy atom. The summed E-state index contributed by atoms with van der Waals surface area (Å²) in [6.07, 6.45) is 3.01. The molecule has 0 unspecified atom stereocenters. The molecule has 0 N–H and O–H groups in total. The second-order valence-electron chi connectivity index (χ2n) is 3.51. The van der Waals surface area contributed by atoms with Crippen LogP contribution in [0.2, 0.25) is 5.02 Å². The molecular weight excluding hydrogens is 208 g/mol. The second kappa shape index (κ2) is 4.07. The Balaban J connectivity index is 2.58. The Kier molecular flexibility index (Phi) is 2.78. The van der Waals surface area contributed by atoms with Crippen molar-refractivity contribution in [2.75, 3.05) is 0 Å². The summed E-state index contributed by atoms with van der Waals surface area (Å²) in [5, 5.41) is 5.20. The molecule has 0 radical (unpaired) electrons. The Labute approximate surface area is 94.5 Å². The average molecular weight is 221 g/mol. The molecule has 0 spiro atoms. The molecule has 1 aromatic heterocycles. The van der Waals surface area contributed by atoms with Crippen molar-refractivity contribution in [2.45, 2.75) is 13.3 Å². The third-order valence-electron chi connectivity index (χ3n) is 2.41. The van der Waals surface area contributed by atoms with Gasteiger partial charge in [-0.2, -0.15) is 5.10 Å². The molecule has 0 aliphatic heterocycles. The van der Waals surface area contributed by atoms with Gasteiger partial charge in [-0.15, -0.1) is 0 Å². The van der Waals surface area contributed by atoms with E-state index in [1.54, 1.807) is 0 Å². The highest BCUT2D eigenvalue weighted by Gasteiger charge is 2.10. The molecule has 15 heavy (non-hydrogen) atoms. The van der Waals surface area contributed by atoms with Crippen molar-refractivity contribution in [2.24, 2.45) is 7.05 Å². The molecule has 2 nitrogen and oxygen atoms in total. The molecule has 78 valence electrons. The molecule has 2 aromatic rings. The van der Waals surface area contributed by atoms with Crippen molar-refractivity contribution in [3.05, 3.63) is 41.0 Å². The van der Waals surface area contributed by atoms with Crippen molar-refractivity contribution in [1.29, 1.82) is 0 Å². The maximum Gasteiger partial charge on any atom is 0.0969 e. The second-order valence-corrected chi connectivity index (χ2v) is 3.92. The van der Waals surface area contributed by atoms with Crippen LogP contribution in [-0.4, -0.2) is 9.78 Å². The van der Waals surface area contributed by atoms with Gasteiger partial charge in [0.1, 0.15) is 0 Å². The SMILES string of the molecule is CCc1cn(C)nc1-c1ccccc1Cl. The molecule has 0 aliphatic rings. The first-order valence-electron chi connectivity index (χ1n) is 4.99. The van der Waals surface area contributed by atoms with Crippen molar-refractivity contribution < 1.29 is 0 Å². The molecule has 0 saturated carbocycles. The number of nitrogens with zero attached hydrogens (tertiary/aromatic N) is 2. The number of rotatable bonds is 2. The normalized spacial score (nSPS) is 10.6. The van der Waals surface area contributed by atoms with E-state index in [0.29, 0.717) is 0 Å². The van der Waals surface area contributed by atoms with E-state index in [9.17, 15) is 0 Å². The number of halogens is 1. The van der Waals surface area contributed by atoms with Crippen LogP contribution in [0, 0.1) is 0 Å². The van der Waals surface area contributed by atoms with Crippen molar-refractivity contribution in [1.82, 2.24) is 9.78 Å². The van der Waals surface area contributed by atoms with Gasteiger partial charge in [-0.1, -0.05) is 36.7 Å². The Morgan fingerprint density at radius 2 is 2.07 bits per heavy atom. The Bertz CT molecular complexity index is 474. The number of aryl methyl sites for hydroxylation is 2. The van der Waals surface area contributed by atoms with Crippen LogP contribution >= 0.6 is 11.6 Å².